The first-order chi connectivity index (χ1) is 8.15. The lowest BCUT2D eigenvalue weighted by atomic mass is 10.3. The van der Waals surface area contributed by atoms with Crippen molar-refractivity contribution in [1.29, 1.82) is 0 Å². The molecule has 0 aromatic carbocycles. The molecule has 1 unspecified atom stereocenters. The number of rotatable bonds is 4. The van der Waals surface area contributed by atoms with E-state index in [0.717, 1.165) is 19.6 Å². The Morgan fingerprint density at radius 2 is 2.24 bits per heavy atom. The second-order valence-electron chi connectivity index (χ2n) is 4.49. The number of nitrogens with zero attached hydrogens (tertiary/aromatic N) is 1. The van der Waals surface area contributed by atoms with Gasteiger partial charge in [-0.1, -0.05) is 0 Å². The van der Waals surface area contributed by atoms with E-state index in [4.69, 9.17) is 4.42 Å². The van der Waals surface area contributed by atoms with Gasteiger partial charge in [0, 0.05) is 12.6 Å². The molecular weight excluding hydrogens is 284 g/mol. The average Bonchev–Trinajstić information content (AvgIpc) is 2.89. The minimum Gasteiger partial charge on any atom is -0.444 e. The van der Waals surface area contributed by atoms with Crippen molar-refractivity contribution in [3.63, 3.8) is 0 Å². The number of hydrogen-bond donors (Lipinski definition) is 1. The van der Waals surface area contributed by atoms with Crippen molar-refractivity contribution in [1.82, 2.24) is 10.2 Å². The molecule has 1 aliphatic heterocycles. The van der Waals surface area contributed by atoms with Gasteiger partial charge in [0.25, 0.3) is 5.91 Å². The lowest BCUT2D eigenvalue weighted by Crippen LogP contribution is -2.40. The molecule has 1 N–H and O–H groups in total. The van der Waals surface area contributed by atoms with Gasteiger partial charge in [0.05, 0.1) is 0 Å². The van der Waals surface area contributed by atoms with E-state index in [9.17, 15) is 4.79 Å². The van der Waals surface area contributed by atoms with Crippen LogP contribution in [-0.4, -0.2) is 36.5 Å². The van der Waals surface area contributed by atoms with Crippen LogP contribution in [0.25, 0.3) is 0 Å². The topological polar surface area (TPSA) is 45.5 Å². The average molecular weight is 301 g/mol. The highest BCUT2D eigenvalue weighted by molar-refractivity contribution is 9.10. The monoisotopic (exact) mass is 300 g/mol. The van der Waals surface area contributed by atoms with Crippen molar-refractivity contribution < 1.29 is 9.21 Å². The van der Waals surface area contributed by atoms with Crippen LogP contribution in [0.5, 0.6) is 0 Å². The molecule has 1 saturated heterocycles. The van der Waals surface area contributed by atoms with Gasteiger partial charge in [0.15, 0.2) is 10.4 Å². The van der Waals surface area contributed by atoms with Crippen molar-refractivity contribution in [3.8, 4) is 0 Å². The Labute approximate surface area is 109 Å². The lowest BCUT2D eigenvalue weighted by Gasteiger charge is -2.20. The molecule has 1 amide bonds. The van der Waals surface area contributed by atoms with Gasteiger partial charge in [0.1, 0.15) is 0 Å². The van der Waals surface area contributed by atoms with Gasteiger partial charge in [-0.3, -0.25) is 4.79 Å². The summed E-state index contributed by atoms with van der Waals surface area (Å²) in [6.07, 6.45) is 2.54. The zero-order valence-electron chi connectivity index (χ0n) is 9.91. The fourth-order valence-corrected chi connectivity index (χ4v) is 2.44. The Hall–Kier alpha value is -0.810. The lowest BCUT2D eigenvalue weighted by molar-refractivity contribution is 0.0902. The molecule has 4 nitrogen and oxygen atoms in total. The largest absolute Gasteiger partial charge is 0.444 e. The van der Waals surface area contributed by atoms with E-state index < -0.39 is 0 Å². The fraction of sp³-hybridized carbons (Fsp3) is 0.583. The van der Waals surface area contributed by atoms with Gasteiger partial charge in [-0.05, 0) is 60.9 Å². The van der Waals surface area contributed by atoms with Gasteiger partial charge in [-0.25, -0.2) is 0 Å². The number of hydrogen-bond acceptors (Lipinski definition) is 3. The molecule has 1 atom stereocenters. The zero-order valence-corrected chi connectivity index (χ0v) is 11.5. The number of carbonyl (C=O) groups is 1. The number of carbonyl (C=O) groups excluding carboxylic acids is 1. The molecule has 2 heterocycles. The zero-order chi connectivity index (χ0) is 12.3. The van der Waals surface area contributed by atoms with E-state index in [1.807, 2.05) is 6.92 Å². The van der Waals surface area contributed by atoms with Crippen molar-refractivity contribution in [3.05, 3.63) is 22.6 Å². The minimum atomic E-state index is -0.151. The van der Waals surface area contributed by atoms with Crippen LogP contribution >= 0.6 is 15.9 Å². The van der Waals surface area contributed by atoms with Crippen LogP contribution < -0.4 is 5.32 Å². The first kappa shape index (κ1) is 12.6. The van der Waals surface area contributed by atoms with Gasteiger partial charge in [0.2, 0.25) is 0 Å². The SMILES string of the molecule is CC(CN1CCCC1)NC(=O)c1ccc(Br)o1. The van der Waals surface area contributed by atoms with E-state index in [0.29, 0.717) is 10.4 Å². The summed E-state index contributed by atoms with van der Waals surface area (Å²) in [4.78, 5) is 14.2. The van der Waals surface area contributed by atoms with E-state index in [1.165, 1.54) is 12.8 Å². The molecule has 0 radical (unpaired) electrons. The summed E-state index contributed by atoms with van der Waals surface area (Å²) in [6.45, 7) is 5.22. The van der Waals surface area contributed by atoms with Gasteiger partial charge in [-0.2, -0.15) is 0 Å². The van der Waals surface area contributed by atoms with Crippen LogP contribution in [-0.2, 0) is 0 Å². The quantitative estimate of drug-likeness (QED) is 0.928. The molecule has 1 aromatic heterocycles. The van der Waals surface area contributed by atoms with Crippen molar-refractivity contribution in [2.45, 2.75) is 25.8 Å². The predicted octanol–water partition coefficient (Wildman–Crippen LogP) is 2.26. The van der Waals surface area contributed by atoms with Crippen molar-refractivity contribution in [2.75, 3.05) is 19.6 Å². The molecule has 0 spiro atoms. The van der Waals surface area contributed by atoms with Gasteiger partial charge < -0.3 is 14.6 Å². The first-order valence-electron chi connectivity index (χ1n) is 5.93. The van der Waals surface area contributed by atoms with Crippen LogP contribution in [0.3, 0.4) is 0 Å². The molecule has 17 heavy (non-hydrogen) atoms. The third-order valence-electron chi connectivity index (χ3n) is 2.91. The third-order valence-corrected chi connectivity index (χ3v) is 3.33. The number of furan rings is 1. The van der Waals surface area contributed by atoms with Crippen molar-refractivity contribution >= 4 is 21.8 Å². The molecule has 0 bridgehead atoms. The summed E-state index contributed by atoms with van der Waals surface area (Å²) < 4.78 is 5.79. The molecular formula is C12H17BrN2O2. The standard InChI is InChI=1S/C12H17BrN2O2/c1-9(8-15-6-2-3-7-15)14-12(16)10-4-5-11(13)17-10/h4-5,9H,2-3,6-8H2,1H3,(H,14,16). The maximum Gasteiger partial charge on any atom is 0.287 e. The Bertz CT molecular complexity index is 386. The molecule has 2 rings (SSSR count). The Morgan fingerprint density at radius 1 is 1.53 bits per heavy atom. The number of likely N-dealkylation sites (tertiary alicyclic amines) is 1. The van der Waals surface area contributed by atoms with Crippen LogP contribution in [0.1, 0.15) is 30.3 Å². The molecule has 5 heteroatoms. The van der Waals surface area contributed by atoms with Crippen LogP contribution in [0, 0.1) is 0 Å². The maximum absolute atomic E-state index is 11.8. The van der Waals surface area contributed by atoms with Crippen LogP contribution in [0.2, 0.25) is 0 Å². The Kier molecular flexibility index (Phi) is 4.23. The highest BCUT2D eigenvalue weighted by Gasteiger charge is 2.17. The highest BCUT2D eigenvalue weighted by atomic mass is 79.9. The summed E-state index contributed by atoms with van der Waals surface area (Å²) in [5, 5.41) is 2.94. The molecule has 0 aliphatic carbocycles. The highest BCUT2D eigenvalue weighted by Crippen LogP contribution is 2.14. The Balaban J connectivity index is 1.81. The molecule has 94 valence electrons. The van der Waals surface area contributed by atoms with Crippen LogP contribution in [0.15, 0.2) is 21.2 Å². The van der Waals surface area contributed by atoms with E-state index in [-0.39, 0.29) is 11.9 Å². The fourth-order valence-electron chi connectivity index (χ4n) is 2.13. The normalized spacial score (nSPS) is 18.2. The first-order valence-corrected chi connectivity index (χ1v) is 6.73. The van der Waals surface area contributed by atoms with E-state index >= 15 is 0 Å². The summed E-state index contributed by atoms with van der Waals surface area (Å²) in [5.41, 5.74) is 0. The van der Waals surface area contributed by atoms with Crippen molar-refractivity contribution in [2.24, 2.45) is 0 Å². The molecule has 1 aliphatic rings. The van der Waals surface area contributed by atoms with E-state index in [1.54, 1.807) is 12.1 Å². The van der Waals surface area contributed by atoms with Gasteiger partial charge >= 0.3 is 0 Å². The summed E-state index contributed by atoms with van der Waals surface area (Å²) in [7, 11) is 0. The second-order valence-corrected chi connectivity index (χ2v) is 5.27. The smallest absolute Gasteiger partial charge is 0.287 e. The van der Waals surface area contributed by atoms with E-state index in [2.05, 4.69) is 26.1 Å². The summed E-state index contributed by atoms with van der Waals surface area (Å²) in [6, 6.07) is 3.53. The number of nitrogens with one attached hydrogen (secondary N) is 1. The summed E-state index contributed by atoms with van der Waals surface area (Å²) >= 11 is 3.18. The molecule has 0 saturated carbocycles. The summed E-state index contributed by atoms with van der Waals surface area (Å²) in [5.74, 6) is 0.201. The number of amides is 1. The third kappa shape index (κ3) is 3.57. The minimum absolute atomic E-state index is 0.143. The Morgan fingerprint density at radius 3 is 2.82 bits per heavy atom. The maximum atomic E-state index is 11.8. The second kappa shape index (κ2) is 5.69. The van der Waals surface area contributed by atoms with Crippen LogP contribution in [0.4, 0.5) is 0 Å². The molecule has 1 aromatic rings. The number of halogens is 1. The predicted molar refractivity (Wildman–Crippen MR) is 69.0 cm³/mol. The van der Waals surface area contributed by atoms with Gasteiger partial charge in [-0.15, -0.1) is 0 Å². The molecule has 1 fully saturated rings.